The standard InChI is InChI=1S/C50H80NO8P/c1-4-6-8-10-12-14-16-18-20-22-24-26-28-30-32-34-36-38-40-42-49(52)56-46-48(47-58-60(54,55)57-45-44-51-3)59-50(53)43-41-39-37-35-33-31-29-27-25-23-21-19-17-15-13-11-9-7-5-2/h6-9,12-15,18-21,24-27,30-33,48,51H,4-5,10-11,16-17,22-23,28-29,34-47H2,1-3H3,(H,54,55)/b8-6-,9-7-,14-12-,15-13-,20-18-,21-19-,26-24-,27-25-,32-30-,33-31-. The predicted molar refractivity (Wildman–Crippen MR) is 252 cm³/mol. The van der Waals surface area contributed by atoms with Gasteiger partial charge in [0.05, 0.1) is 13.2 Å². The Hall–Kier alpha value is -3.59. The summed E-state index contributed by atoms with van der Waals surface area (Å²) in [7, 11) is -2.69. The minimum atomic E-state index is -4.38. The van der Waals surface area contributed by atoms with Crippen LogP contribution in [-0.2, 0) is 32.7 Å². The van der Waals surface area contributed by atoms with Crippen LogP contribution in [0.3, 0.4) is 0 Å². The summed E-state index contributed by atoms with van der Waals surface area (Å²) in [6.45, 7) is 3.89. The van der Waals surface area contributed by atoms with Gasteiger partial charge in [-0.15, -0.1) is 0 Å². The maximum Gasteiger partial charge on any atom is 0.472 e. The molecule has 9 nitrogen and oxygen atoms in total. The Morgan fingerprint density at radius 2 is 0.900 bits per heavy atom. The minimum absolute atomic E-state index is 0.0373. The van der Waals surface area contributed by atoms with Crippen LogP contribution in [0.25, 0.3) is 0 Å². The second-order valence-electron chi connectivity index (χ2n) is 14.1. The average molecular weight is 854 g/mol. The van der Waals surface area contributed by atoms with Gasteiger partial charge in [0.25, 0.3) is 0 Å². The van der Waals surface area contributed by atoms with Gasteiger partial charge in [0.15, 0.2) is 6.10 Å². The number of likely N-dealkylation sites (N-methyl/N-ethyl adjacent to an activating group) is 1. The van der Waals surface area contributed by atoms with Crippen molar-refractivity contribution in [3.8, 4) is 0 Å². The normalized spacial score (nSPS) is 14.4. The van der Waals surface area contributed by atoms with Gasteiger partial charge in [0, 0.05) is 19.4 Å². The Kier molecular flexibility index (Phi) is 42.3. The quantitative estimate of drug-likeness (QED) is 0.0269. The fourth-order valence-corrected chi connectivity index (χ4v) is 6.00. The lowest BCUT2D eigenvalue weighted by Crippen LogP contribution is -2.29. The zero-order valence-electron chi connectivity index (χ0n) is 37.3. The number of rotatable bonds is 40. The van der Waals surface area contributed by atoms with Crippen LogP contribution in [0.5, 0.6) is 0 Å². The van der Waals surface area contributed by atoms with Crippen molar-refractivity contribution >= 4 is 19.8 Å². The van der Waals surface area contributed by atoms with Crippen LogP contribution in [-0.4, -0.2) is 56.3 Å². The van der Waals surface area contributed by atoms with E-state index < -0.39 is 32.5 Å². The van der Waals surface area contributed by atoms with E-state index in [0.29, 0.717) is 19.4 Å². The van der Waals surface area contributed by atoms with Gasteiger partial charge in [-0.3, -0.25) is 18.6 Å². The van der Waals surface area contributed by atoms with E-state index in [4.69, 9.17) is 18.5 Å². The first-order valence-corrected chi connectivity index (χ1v) is 24.0. The molecule has 0 bridgehead atoms. The van der Waals surface area contributed by atoms with Crippen molar-refractivity contribution in [3.05, 3.63) is 122 Å². The second-order valence-corrected chi connectivity index (χ2v) is 15.6. The third-order valence-electron chi connectivity index (χ3n) is 8.58. The molecular weight excluding hydrogens is 774 g/mol. The van der Waals surface area contributed by atoms with Crippen LogP contribution in [0.4, 0.5) is 0 Å². The zero-order valence-corrected chi connectivity index (χ0v) is 38.2. The highest BCUT2D eigenvalue weighted by Gasteiger charge is 2.26. The predicted octanol–water partition coefficient (Wildman–Crippen LogP) is 13.2. The third-order valence-corrected chi connectivity index (χ3v) is 9.56. The number of allylic oxidation sites excluding steroid dienone is 20. The van der Waals surface area contributed by atoms with E-state index in [9.17, 15) is 19.0 Å². The largest absolute Gasteiger partial charge is 0.472 e. The first kappa shape index (κ1) is 56.4. The first-order valence-electron chi connectivity index (χ1n) is 22.5. The molecule has 10 heteroatoms. The summed E-state index contributed by atoms with van der Waals surface area (Å²) in [4.78, 5) is 35.1. The SMILES string of the molecule is CC/C=C\C/C=C\C/C=C\C/C=C\C/C=C\CCCCCC(=O)OCC(COP(=O)(O)OCCNC)OC(=O)CCCCC/C=C\C/C=C\C/C=C\C/C=C\C/C=C\CC. The Bertz CT molecular complexity index is 1390. The van der Waals surface area contributed by atoms with E-state index in [-0.39, 0.29) is 26.1 Å². The molecule has 0 aromatic carbocycles. The molecule has 338 valence electrons. The summed E-state index contributed by atoms with van der Waals surface area (Å²) in [5, 5.41) is 2.81. The van der Waals surface area contributed by atoms with Gasteiger partial charge in [0.2, 0.25) is 0 Å². The number of phosphoric ester groups is 1. The van der Waals surface area contributed by atoms with Crippen LogP contribution < -0.4 is 5.32 Å². The van der Waals surface area contributed by atoms with Crippen molar-refractivity contribution in [2.24, 2.45) is 0 Å². The summed E-state index contributed by atoms with van der Waals surface area (Å²) in [6, 6.07) is 0. The van der Waals surface area contributed by atoms with Crippen LogP contribution in [0.1, 0.15) is 142 Å². The molecule has 0 radical (unpaired) electrons. The molecule has 0 saturated heterocycles. The van der Waals surface area contributed by atoms with Gasteiger partial charge in [-0.1, -0.05) is 148 Å². The highest BCUT2D eigenvalue weighted by Crippen LogP contribution is 2.43. The van der Waals surface area contributed by atoms with Crippen LogP contribution in [0, 0.1) is 0 Å². The number of carbonyl (C=O) groups is 2. The van der Waals surface area contributed by atoms with Crippen molar-refractivity contribution in [3.63, 3.8) is 0 Å². The molecular formula is C50H80NO8P. The van der Waals surface area contributed by atoms with Crippen LogP contribution in [0.15, 0.2) is 122 Å². The number of hydrogen-bond donors (Lipinski definition) is 2. The van der Waals surface area contributed by atoms with Gasteiger partial charge >= 0.3 is 19.8 Å². The minimum Gasteiger partial charge on any atom is -0.462 e. The fraction of sp³-hybridized carbons (Fsp3) is 0.560. The van der Waals surface area contributed by atoms with Crippen molar-refractivity contribution in [2.45, 2.75) is 148 Å². The summed E-state index contributed by atoms with van der Waals surface area (Å²) in [5.41, 5.74) is 0. The molecule has 0 fully saturated rings. The summed E-state index contributed by atoms with van der Waals surface area (Å²) < 4.78 is 33.2. The van der Waals surface area contributed by atoms with Gasteiger partial charge in [0.1, 0.15) is 6.61 Å². The van der Waals surface area contributed by atoms with Gasteiger partial charge < -0.3 is 19.7 Å². The number of unbranched alkanes of at least 4 members (excludes halogenated alkanes) is 6. The van der Waals surface area contributed by atoms with E-state index in [1.807, 2.05) is 0 Å². The molecule has 0 amide bonds. The third kappa shape index (κ3) is 44.0. The summed E-state index contributed by atoms with van der Waals surface area (Å²) in [6.07, 6.45) is 59.6. The molecule has 0 aliphatic heterocycles. The van der Waals surface area contributed by atoms with Crippen molar-refractivity contribution in [2.75, 3.05) is 33.4 Å². The van der Waals surface area contributed by atoms with Gasteiger partial charge in [-0.05, 0) is 110 Å². The Balaban J connectivity index is 4.37. The highest BCUT2D eigenvalue weighted by molar-refractivity contribution is 7.47. The molecule has 0 heterocycles. The molecule has 0 spiro atoms. The molecule has 0 rings (SSSR count). The van der Waals surface area contributed by atoms with E-state index in [2.05, 4.69) is 141 Å². The molecule has 2 N–H and O–H groups in total. The molecule has 2 unspecified atom stereocenters. The molecule has 2 atom stereocenters. The monoisotopic (exact) mass is 854 g/mol. The number of carbonyl (C=O) groups excluding carboxylic acids is 2. The number of phosphoric acid groups is 1. The maximum absolute atomic E-state index is 12.6. The molecule has 0 aromatic heterocycles. The Morgan fingerprint density at radius 1 is 0.517 bits per heavy atom. The fourth-order valence-electron chi connectivity index (χ4n) is 5.25. The second kappa shape index (κ2) is 44.9. The number of ether oxygens (including phenoxy) is 2. The van der Waals surface area contributed by atoms with Crippen LogP contribution in [0.2, 0.25) is 0 Å². The topological polar surface area (TPSA) is 120 Å². The van der Waals surface area contributed by atoms with Crippen molar-refractivity contribution in [1.82, 2.24) is 5.32 Å². The van der Waals surface area contributed by atoms with Gasteiger partial charge in [-0.2, -0.15) is 0 Å². The van der Waals surface area contributed by atoms with Crippen molar-refractivity contribution in [1.29, 1.82) is 0 Å². The maximum atomic E-state index is 12.6. The number of hydrogen-bond acceptors (Lipinski definition) is 8. The Labute approximate surface area is 364 Å². The summed E-state index contributed by atoms with van der Waals surface area (Å²) in [5.74, 6) is -0.896. The summed E-state index contributed by atoms with van der Waals surface area (Å²) >= 11 is 0. The van der Waals surface area contributed by atoms with E-state index in [1.54, 1.807) is 7.05 Å². The molecule has 0 aliphatic carbocycles. The molecule has 0 aromatic rings. The van der Waals surface area contributed by atoms with E-state index in [1.165, 1.54) is 0 Å². The molecule has 0 aliphatic rings. The van der Waals surface area contributed by atoms with Crippen LogP contribution >= 0.6 is 7.82 Å². The zero-order chi connectivity index (χ0) is 43.9. The molecule has 60 heavy (non-hydrogen) atoms. The first-order chi connectivity index (χ1) is 29.3. The number of nitrogens with one attached hydrogen (secondary N) is 1. The van der Waals surface area contributed by atoms with Gasteiger partial charge in [-0.25, -0.2) is 4.57 Å². The lowest BCUT2D eigenvalue weighted by Gasteiger charge is -2.20. The lowest BCUT2D eigenvalue weighted by molar-refractivity contribution is -0.161. The van der Waals surface area contributed by atoms with E-state index in [0.717, 1.165) is 103 Å². The van der Waals surface area contributed by atoms with E-state index >= 15 is 0 Å². The average Bonchev–Trinajstić information content (AvgIpc) is 3.23. The number of esters is 2. The highest BCUT2D eigenvalue weighted by atomic mass is 31.2. The Morgan fingerprint density at radius 3 is 1.30 bits per heavy atom. The smallest absolute Gasteiger partial charge is 0.462 e. The van der Waals surface area contributed by atoms with Crippen molar-refractivity contribution < 1.29 is 37.6 Å². The lowest BCUT2D eigenvalue weighted by atomic mass is 10.1. The molecule has 0 saturated carbocycles.